The van der Waals surface area contributed by atoms with Crippen molar-refractivity contribution >= 4 is 11.3 Å². The largest absolute Gasteiger partial charge is 0.326 e. The Bertz CT molecular complexity index is 431. The minimum atomic E-state index is 0.645. The molecule has 0 saturated heterocycles. The summed E-state index contributed by atoms with van der Waals surface area (Å²) in [4.78, 5) is 1.37. The minimum absolute atomic E-state index is 0.645. The SMILES string of the molecule is CCc1c(CN)csc1-c1ccccc1. The molecule has 0 fully saturated rings. The molecule has 1 heterocycles. The molecule has 0 aliphatic heterocycles. The van der Waals surface area contributed by atoms with Gasteiger partial charge >= 0.3 is 0 Å². The molecule has 0 bridgehead atoms. The van der Waals surface area contributed by atoms with Crippen molar-refractivity contribution in [3.8, 4) is 10.4 Å². The van der Waals surface area contributed by atoms with E-state index in [0.29, 0.717) is 6.54 Å². The van der Waals surface area contributed by atoms with Crippen molar-refractivity contribution in [1.29, 1.82) is 0 Å². The molecule has 1 aromatic heterocycles. The third-order valence-electron chi connectivity index (χ3n) is 2.59. The van der Waals surface area contributed by atoms with E-state index in [-0.39, 0.29) is 0 Å². The number of nitrogens with two attached hydrogens (primary N) is 1. The summed E-state index contributed by atoms with van der Waals surface area (Å²) in [7, 11) is 0. The Morgan fingerprint density at radius 1 is 1.20 bits per heavy atom. The zero-order chi connectivity index (χ0) is 10.7. The van der Waals surface area contributed by atoms with Gasteiger partial charge in [-0.25, -0.2) is 0 Å². The Kier molecular flexibility index (Phi) is 3.19. The lowest BCUT2D eigenvalue weighted by Crippen LogP contribution is -1.98. The highest BCUT2D eigenvalue weighted by atomic mass is 32.1. The molecule has 0 radical (unpaired) electrons. The van der Waals surface area contributed by atoms with Gasteiger partial charge in [0.15, 0.2) is 0 Å². The van der Waals surface area contributed by atoms with Crippen LogP contribution in [0.4, 0.5) is 0 Å². The maximum absolute atomic E-state index is 5.72. The molecule has 1 aromatic carbocycles. The third kappa shape index (κ3) is 1.96. The first-order valence-corrected chi connectivity index (χ1v) is 6.09. The average molecular weight is 217 g/mol. The van der Waals surface area contributed by atoms with Gasteiger partial charge < -0.3 is 5.73 Å². The smallest absolute Gasteiger partial charge is 0.0377 e. The van der Waals surface area contributed by atoms with Gasteiger partial charge in [0.1, 0.15) is 0 Å². The van der Waals surface area contributed by atoms with E-state index in [4.69, 9.17) is 5.73 Å². The Balaban J connectivity index is 2.49. The Hall–Kier alpha value is -1.12. The fourth-order valence-corrected chi connectivity index (χ4v) is 3.00. The van der Waals surface area contributed by atoms with Gasteiger partial charge in [-0.05, 0) is 28.5 Å². The highest BCUT2D eigenvalue weighted by Gasteiger charge is 2.09. The molecule has 2 rings (SSSR count). The van der Waals surface area contributed by atoms with Gasteiger partial charge in [-0.15, -0.1) is 11.3 Å². The summed E-state index contributed by atoms with van der Waals surface area (Å²) in [5.74, 6) is 0. The van der Waals surface area contributed by atoms with Crippen LogP contribution < -0.4 is 5.73 Å². The van der Waals surface area contributed by atoms with Gasteiger partial charge in [0.2, 0.25) is 0 Å². The highest BCUT2D eigenvalue weighted by molar-refractivity contribution is 7.14. The van der Waals surface area contributed by atoms with Crippen molar-refractivity contribution in [2.24, 2.45) is 5.73 Å². The lowest BCUT2D eigenvalue weighted by Gasteiger charge is -2.03. The number of hydrogen-bond donors (Lipinski definition) is 1. The molecule has 0 aliphatic carbocycles. The molecule has 0 saturated carbocycles. The second-order valence-corrected chi connectivity index (χ2v) is 4.37. The summed E-state index contributed by atoms with van der Waals surface area (Å²) >= 11 is 1.80. The van der Waals surface area contributed by atoms with Crippen molar-refractivity contribution in [3.05, 3.63) is 46.8 Å². The van der Waals surface area contributed by atoms with Crippen LogP contribution >= 0.6 is 11.3 Å². The number of hydrogen-bond acceptors (Lipinski definition) is 2. The molecule has 15 heavy (non-hydrogen) atoms. The van der Waals surface area contributed by atoms with Crippen molar-refractivity contribution in [1.82, 2.24) is 0 Å². The zero-order valence-electron chi connectivity index (χ0n) is 8.86. The van der Waals surface area contributed by atoms with Crippen LogP contribution in [0.15, 0.2) is 35.7 Å². The zero-order valence-corrected chi connectivity index (χ0v) is 9.68. The fourth-order valence-electron chi connectivity index (χ4n) is 1.81. The number of rotatable bonds is 3. The summed E-state index contributed by atoms with van der Waals surface area (Å²) in [5.41, 5.74) is 9.73. The van der Waals surface area contributed by atoms with Crippen molar-refractivity contribution in [2.45, 2.75) is 19.9 Å². The summed E-state index contributed by atoms with van der Waals surface area (Å²) in [6.07, 6.45) is 1.06. The van der Waals surface area contributed by atoms with Gasteiger partial charge in [0.05, 0.1) is 0 Å². The Morgan fingerprint density at radius 2 is 1.93 bits per heavy atom. The van der Waals surface area contributed by atoms with E-state index in [1.54, 1.807) is 11.3 Å². The van der Waals surface area contributed by atoms with Crippen molar-refractivity contribution in [2.75, 3.05) is 0 Å². The first kappa shape index (κ1) is 10.4. The first-order valence-electron chi connectivity index (χ1n) is 5.21. The predicted octanol–water partition coefficient (Wildman–Crippen LogP) is 3.44. The maximum atomic E-state index is 5.72. The normalized spacial score (nSPS) is 10.5. The van der Waals surface area contributed by atoms with Crippen LogP contribution in [0.5, 0.6) is 0 Å². The molecule has 0 unspecified atom stereocenters. The lowest BCUT2D eigenvalue weighted by molar-refractivity contribution is 1.02. The fraction of sp³-hybridized carbons (Fsp3) is 0.231. The topological polar surface area (TPSA) is 26.0 Å². The van der Waals surface area contributed by atoms with Gasteiger partial charge in [-0.1, -0.05) is 37.3 Å². The summed E-state index contributed by atoms with van der Waals surface area (Å²) in [5, 5.41) is 2.18. The Labute approximate surface area is 94.6 Å². The van der Waals surface area contributed by atoms with Crippen LogP contribution in [-0.2, 0) is 13.0 Å². The number of thiophene rings is 1. The minimum Gasteiger partial charge on any atom is -0.326 e. The molecule has 0 atom stereocenters. The quantitative estimate of drug-likeness (QED) is 0.837. The monoisotopic (exact) mass is 217 g/mol. The maximum Gasteiger partial charge on any atom is 0.0377 e. The molecule has 2 heteroatoms. The molecule has 0 amide bonds. The summed E-state index contributed by atoms with van der Waals surface area (Å²) < 4.78 is 0. The van der Waals surface area contributed by atoms with E-state index in [1.807, 2.05) is 6.07 Å². The first-order chi connectivity index (χ1) is 7.36. The molecule has 1 nitrogen and oxygen atoms in total. The van der Waals surface area contributed by atoms with Crippen molar-refractivity contribution < 1.29 is 0 Å². The second-order valence-electron chi connectivity index (χ2n) is 3.49. The summed E-state index contributed by atoms with van der Waals surface area (Å²) in [6.45, 7) is 2.83. The van der Waals surface area contributed by atoms with Gasteiger partial charge in [-0.2, -0.15) is 0 Å². The van der Waals surface area contributed by atoms with Crippen LogP contribution in [0, 0.1) is 0 Å². The van der Waals surface area contributed by atoms with E-state index in [9.17, 15) is 0 Å². The molecule has 0 spiro atoms. The molecule has 2 aromatic rings. The van der Waals surface area contributed by atoms with Crippen LogP contribution in [0.3, 0.4) is 0 Å². The predicted molar refractivity (Wildman–Crippen MR) is 67.0 cm³/mol. The van der Waals surface area contributed by atoms with Crippen LogP contribution in [0.2, 0.25) is 0 Å². The van der Waals surface area contributed by atoms with E-state index >= 15 is 0 Å². The van der Waals surface area contributed by atoms with Crippen LogP contribution in [0.25, 0.3) is 10.4 Å². The average Bonchev–Trinajstić information content (AvgIpc) is 2.72. The Morgan fingerprint density at radius 3 is 2.53 bits per heavy atom. The van der Waals surface area contributed by atoms with E-state index in [1.165, 1.54) is 21.6 Å². The van der Waals surface area contributed by atoms with Gasteiger partial charge in [-0.3, -0.25) is 0 Å². The number of benzene rings is 1. The molecule has 2 N–H and O–H groups in total. The van der Waals surface area contributed by atoms with Crippen molar-refractivity contribution in [3.63, 3.8) is 0 Å². The molecular weight excluding hydrogens is 202 g/mol. The van der Waals surface area contributed by atoms with E-state index < -0.39 is 0 Å². The van der Waals surface area contributed by atoms with E-state index in [2.05, 4.69) is 36.6 Å². The molecular formula is C13H15NS. The van der Waals surface area contributed by atoms with Gasteiger partial charge in [0, 0.05) is 11.4 Å². The van der Waals surface area contributed by atoms with Gasteiger partial charge in [0.25, 0.3) is 0 Å². The standard InChI is InChI=1S/C13H15NS/c1-2-12-11(8-14)9-15-13(12)10-6-4-3-5-7-10/h3-7,9H,2,8,14H2,1H3. The van der Waals surface area contributed by atoms with E-state index in [0.717, 1.165) is 6.42 Å². The summed E-state index contributed by atoms with van der Waals surface area (Å²) in [6, 6.07) is 10.5. The van der Waals surface area contributed by atoms with Crippen LogP contribution in [-0.4, -0.2) is 0 Å². The third-order valence-corrected chi connectivity index (χ3v) is 3.71. The highest BCUT2D eigenvalue weighted by Crippen LogP contribution is 2.32. The van der Waals surface area contributed by atoms with Crippen LogP contribution in [0.1, 0.15) is 18.1 Å². The second kappa shape index (κ2) is 4.60. The molecule has 0 aliphatic rings. The lowest BCUT2D eigenvalue weighted by atomic mass is 10.0. The molecule has 78 valence electrons.